The summed E-state index contributed by atoms with van der Waals surface area (Å²) in [5.74, 6) is 1.13. The van der Waals surface area contributed by atoms with Gasteiger partial charge in [0.15, 0.2) is 27.1 Å². The highest BCUT2D eigenvalue weighted by Crippen LogP contribution is 2.41. The van der Waals surface area contributed by atoms with Crippen molar-refractivity contribution in [1.29, 1.82) is 0 Å². The second-order valence-electron chi connectivity index (χ2n) is 7.01. The molecule has 130 valence electrons. The maximum absolute atomic E-state index is 12.9. The minimum Gasteiger partial charge on any atom is -0.490 e. The molecule has 6 heteroatoms. The van der Waals surface area contributed by atoms with Crippen molar-refractivity contribution in [3.8, 4) is 11.5 Å². The second-order valence-corrected chi connectivity index (χ2v) is 9.52. The molecule has 2 fully saturated rings. The van der Waals surface area contributed by atoms with Crippen LogP contribution >= 0.6 is 0 Å². The van der Waals surface area contributed by atoms with Crippen molar-refractivity contribution in [2.24, 2.45) is 5.92 Å². The van der Waals surface area contributed by atoms with Gasteiger partial charge in [-0.3, -0.25) is 4.79 Å². The van der Waals surface area contributed by atoms with Gasteiger partial charge in [-0.25, -0.2) is 8.42 Å². The van der Waals surface area contributed by atoms with Crippen molar-refractivity contribution < 1.29 is 22.7 Å². The first kappa shape index (κ1) is 15.9. The Morgan fingerprint density at radius 3 is 2.33 bits per heavy atom. The van der Waals surface area contributed by atoms with Crippen LogP contribution in [0.5, 0.6) is 11.5 Å². The predicted octanol–water partition coefficient (Wildman–Crippen LogP) is 2.78. The number of benzene rings is 1. The average Bonchev–Trinajstić information content (AvgIpc) is 2.77. The van der Waals surface area contributed by atoms with E-state index in [1.165, 1.54) is 0 Å². The average molecular weight is 350 g/mol. The molecule has 2 atom stereocenters. The van der Waals surface area contributed by atoms with Gasteiger partial charge in [-0.1, -0.05) is 6.42 Å². The van der Waals surface area contributed by atoms with Crippen LogP contribution in [-0.4, -0.2) is 37.9 Å². The maximum atomic E-state index is 12.9. The molecule has 3 heterocycles. The third kappa shape index (κ3) is 2.70. The lowest BCUT2D eigenvalue weighted by Crippen LogP contribution is -2.45. The molecule has 0 amide bonds. The number of Topliss-reactive ketones (excluding diaryl/α,β-unsaturated/α-hetero) is 1. The first-order valence-electron chi connectivity index (χ1n) is 8.72. The van der Waals surface area contributed by atoms with Gasteiger partial charge in [0.2, 0.25) is 0 Å². The van der Waals surface area contributed by atoms with Gasteiger partial charge in [-0.05, 0) is 43.9 Å². The Kier molecular flexibility index (Phi) is 4.03. The molecular formula is C18H22O5S. The van der Waals surface area contributed by atoms with Crippen molar-refractivity contribution in [2.75, 3.05) is 13.2 Å². The summed E-state index contributed by atoms with van der Waals surface area (Å²) in [5, 5.41) is -0.668. The molecule has 3 aliphatic rings. The number of ketones is 1. The fraction of sp³-hybridized carbons (Fsp3) is 0.611. The summed E-state index contributed by atoms with van der Waals surface area (Å²) in [5.41, 5.74) is 0.599. The van der Waals surface area contributed by atoms with Gasteiger partial charge in [-0.15, -0.1) is 0 Å². The molecule has 0 N–H and O–H groups in total. The van der Waals surface area contributed by atoms with Crippen LogP contribution in [0.15, 0.2) is 18.2 Å². The van der Waals surface area contributed by atoms with Gasteiger partial charge in [0.1, 0.15) is 0 Å². The summed E-state index contributed by atoms with van der Waals surface area (Å²) >= 11 is 0. The van der Waals surface area contributed by atoms with Crippen molar-refractivity contribution in [1.82, 2.24) is 0 Å². The fourth-order valence-corrected chi connectivity index (χ4v) is 6.71. The molecule has 1 aromatic carbocycles. The second kappa shape index (κ2) is 6.06. The highest BCUT2D eigenvalue weighted by atomic mass is 32.2. The quantitative estimate of drug-likeness (QED) is 0.767. The van der Waals surface area contributed by atoms with Crippen LogP contribution in [0, 0.1) is 5.92 Å². The summed E-state index contributed by atoms with van der Waals surface area (Å²) in [4.78, 5) is 12.9. The zero-order chi connectivity index (χ0) is 16.7. The molecule has 2 unspecified atom stereocenters. The van der Waals surface area contributed by atoms with E-state index in [4.69, 9.17) is 9.47 Å². The number of rotatable bonds is 2. The van der Waals surface area contributed by atoms with E-state index < -0.39 is 9.84 Å². The van der Waals surface area contributed by atoms with Gasteiger partial charge in [0, 0.05) is 17.9 Å². The molecule has 4 rings (SSSR count). The van der Waals surface area contributed by atoms with Crippen molar-refractivity contribution in [3.63, 3.8) is 0 Å². The summed E-state index contributed by atoms with van der Waals surface area (Å²) in [6.45, 7) is 1.20. The number of fused-ring (bicyclic) bond motifs is 3. The molecule has 0 spiro atoms. The van der Waals surface area contributed by atoms with E-state index in [2.05, 4.69) is 0 Å². The molecule has 3 aliphatic heterocycles. The Morgan fingerprint density at radius 1 is 0.958 bits per heavy atom. The number of sulfone groups is 1. The lowest BCUT2D eigenvalue weighted by Gasteiger charge is -2.38. The summed E-state index contributed by atoms with van der Waals surface area (Å²) in [6.07, 6.45) is 4.10. The van der Waals surface area contributed by atoms with Gasteiger partial charge in [0.25, 0.3) is 0 Å². The molecule has 0 aromatic heterocycles. The number of hydrogen-bond donors (Lipinski definition) is 0. The zero-order valence-electron chi connectivity index (χ0n) is 13.6. The SMILES string of the molecule is O=C(c1ccc2c(c1)OCCCO2)C1CC2CCCC(C1)S2(=O)=O. The monoisotopic (exact) mass is 350 g/mol. The number of ether oxygens (including phenoxy) is 2. The normalized spacial score (nSPS) is 31.1. The predicted molar refractivity (Wildman–Crippen MR) is 89.5 cm³/mol. The molecular weight excluding hydrogens is 328 g/mol. The lowest BCUT2D eigenvalue weighted by molar-refractivity contribution is 0.0893. The van der Waals surface area contributed by atoms with E-state index in [-0.39, 0.29) is 22.2 Å². The van der Waals surface area contributed by atoms with Crippen LogP contribution in [0.1, 0.15) is 48.9 Å². The molecule has 2 bridgehead atoms. The van der Waals surface area contributed by atoms with Crippen LogP contribution in [0.4, 0.5) is 0 Å². The molecule has 0 radical (unpaired) electrons. The van der Waals surface area contributed by atoms with E-state index in [0.29, 0.717) is 56.0 Å². The summed E-state index contributed by atoms with van der Waals surface area (Å²) in [6, 6.07) is 5.31. The summed E-state index contributed by atoms with van der Waals surface area (Å²) in [7, 11) is -3.03. The van der Waals surface area contributed by atoms with E-state index in [9.17, 15) is 13.2 Å². The smallest absolute Gasteiger partial charge is 0.166 e. The summed E-state index contributed by atoms with van der Waals surface area (Å²) < 4.78 is 36.0. The zero-order valence-corrected chi connectivity index (χ0v) is 14.4. The standard InChI is InChI=1S/C18H22O5S/c19-18(12-5-6-16-17(11-12)23-8-2-7-22-16)13-9-14-3-1-4-15(10-13)24(14,20)21/h5-6,11,13-15H,1-4,7-10H2. The van der Waals surface area contributed by atoms with Gasteiger partial charge >= 0.3 is 0 Å². The minimum atomic E-state index is -3.03. The minimum absolute atomic E-state index is 0.0393. The van der Waals surface area contributed by atoms with Crippen LogP contribution in [0.2, 0.25) is 0 Å². The molecule has 24 heavy (non-hydrogen) atoms. The molecule has 0 saturated carbocycles. The van der Waals surface area contributed by atoms with Crippen LogP contribution < -0.4 is 9.47 Å². The third-order valence-corrected chi connectivity index (χ3v) is 8.19. The van der Waals surface area contributed by atoms with Crippen molar-refractivity contribution in [3.05, 3.63) is 23.8 Å². The topological polar surface area (TPSA) is 69.7 Å². The highest BCUT2D eigenvalue weighted by molar-refractivity contribution is 7.92. The number of hydrogen-bond acceptors (Lipinski definition) is 5. The van der Waals surface area contributed by atoms with E-state index >= 15 is 0 Å². The fourth-order valence-electron chi connectivity index (χ4n) is 4.18. The maximum Gasteiger partial charge on any atom is 0.166 e. The van der Waals surface area contributed by atoms with Gasteiger partial charge in [0.05, 0.1) is 23.7 Å². The number of carbonyl (C=O) groups excluding carboxylic acids is 1. The molecule has 2 saturated heterocycles. The van der Waals surface area contributed by atoms with Gasteiger partial charge in [-0.2, -0.15) is 0 Å². The van der Waals surface area contributed by atoms with Crippen LogP contribution in [0.25, 0.3) is 0 Å². The largest absolute Gasteiger partial charge is 0.490 e. The Bertz CT molecular complexity index is 735. The lowest BCUT2D eigenvalue weighted by atomic mass is 9.84. The van der Waals surface area contributed by atoms with E-state index in [1.807, 2.05) is 0 Å². The molecule has 1 aromatic rings. The van der Waals surface area contributed by atoms with E-state index in [1.54, 1.807) is 18.2 Å². The first-order valence-corrected chi connectivity index (χ1v) is 10.3. The molecule has 0 aliphatic carbocycles. The Morgan fingerprint density at radius 2 is 1.62 bits per heavy atom. The Labute approximate surface area is 142 Å². The van der Waals surface area contributed by atoms with Crippen molar-refractivity contribution in [2.45, 2.75) is 49.0 Å². The van der Waals surface area contributed by atoms with Gasteiger partial charge < -0.3 is 9.47 Å². The molecule has 5 nitrogen and oxygen atoms in total. The van der Waals surface area contributed by atoms with Crippen LogP contribution in [0.3, 0.4) is 0 Å². The van der Waals surface area contributed by atoms with Crippen LogP contribution in [-0.2, 0) is 9.84 Å². The third-order valence-electron chi connectivity index (χ3n) is 5.48. The Hall–Kier alpha value is -1.56. The highest BCUT2D eigenvalue weighted by Gasteiger charge is 2.46. The first-order chi connectivity index (χ1) is 11.6. The Balaban J connectivity index is 1.57. The number of carbonyl (C=O) groups is 1. The van der Waals surface area contributed by atoms with E-state index in [0.717, 1.165) is 12.8 Å². The van der Waals surface area contributed by atoms with Crippen molar-refractivity contribution >= 4 is 15.6 Å².